The fraction of sp³-hybridized carbons (Fsp3) is 0.474. The number of nitrogens with zero attached hydrogens (tertiary/aromatic N) is 5. The van der Waals surface area contributed by atoms with Gasteiger partial charge in [0.2, 0.25) is 0 Å². The summed E-state index contributed by atoms with van der Waals surface area (Å²) in [6, 6.07) is 4.19. The second kappa shape index (κ2) is 8.20. The Hall–Kier alpha value is -1.94. The molecule has 0 radical (unpaired) electrons. The van der Waals surface area contributed by atoms with E-state index in [4.69, 9.17) is 9.72 Å². The van der Waals surface area contributed by atoms with Crippen molar-refractivity contribution in [3.63, 3.8) is 0 Å². The molecule has 0 atom stereocenters. The van der Waals surface area contributed by atoms with E-state index >= 15 is 0 Å². The summed E-state index contributed by atoms with van der Waals surface area (Å²) in [6.07, 6.45) is 0. The number of fused-ring (bicyclic) bond motifs is 1. The predicted octanol–water partition coefficient (Wildman–Crippen LogP) is 3.05. The monoisotopic (exact) mass is 417 g/mol. The summed E-state index contributed by atoms with van der Waals surface area (Å²) in [7, 11) is 0. The fourth-order valence-corrected chi connectivity index (χ4v) is 4.89. The first-order chi connectivity index (χ1) is 13.5. The zero-order valence-electron chi connectivity index (χ0n) is 16.3. The molecule has 2 aromatic heterocycles. The average molecular weight is 418 g/mol. The number of benzene rings is 1. The zero-order chi connectivity index (χ0) is 19.7. The minimum absolute atomic E-state index is 0.0748. The van der Waals surface area contributed by atoms with Crippen LogP contribution in [0.3, 0.4) is 0 Å². The second-order valence-corrected chi connectivity index (χ2v) is 8.71. The number of amides is 1. The van der Waals surface area contributed by atoms with Gasteiger partial charge in [0.25, 0.3) is 5.91 Å². The third kappa shape index (κ3) is 3.80. The van der Waals surface area contributed by atoms with Crippen molar-refractivity contribution in [3.05, 3.63) is 33.8 Å². The smallest absolute Gasteiger partial charge is 0.273 e. The lowest BCUT2D eigenvalue weighted by molar-refractivity contribution is 0.0391. The second-order valence-electron chi connectivity index (χ2n) is 6.95. The number of hydrogen-bond acceptors (Lipinski definition) is 8. The molecule has 1 amide bonds. The maximum atomic E-state index is 13.3. The molecular weight excluding hydrogens is 394 g/mol. The predicted molar refractivity (Wildman–Crippen MR) is 113 cm³/mol. The molecule has 1 aliphatic rings. The van der Waals surface area contributed by atoms with E-state index in [1.165, 1.54) is 5.56 Å². The van der Waals surface area contributed by atoms with Gasteiger partial charge in [-0.25, -0.2) is 4.98 Å². The van der Waals surface area contributed by atoms with Crippen LogP contribution in [0.1, 0.15) is 26.5 Å². The first kappa shape index (κ1) is 19.4. The third-order valence-electron chi connectivity index (χ3n) is 5.14. The van der Waals surface area contributed by atoms with Gasteiger partial charge in [-0.05, 0) is 49.5 Å². The summed E-state index contributed by atoms with van der Waals surface area (Å²) in [4.78, 5) is 22.8. The van der Waals surface area contributed by atoms with E-state index in [2.05, 4.69) is 40.5 Å². The number of rotatable bonds is 5. The summed E-state index contributed by atoms with van der Waals surface area (Å²) in [5.74, 6) is -0.0748. The molecule has 9 heteroatoms. The van der Waals surface area contributed by atoms with Crippen LogP contribution in [0.15, 0.2) is 12.1 Å². The molecule has 3 aromatic rings. The van der Waals surface area contributed by atoms with Crippen molar-refractivity contribution in [2.24, 2.45) is 0 Å². The van der Waals surface area contributed by atoms with E-state index in [9.17, 15) is 4.79 Å². The van der Waals surface area contributed by atoms with Gasteiger partial charge in [-0.1, -0.05) is 21.9 Å². The van der Waals surface area contributed by atoms with Crippen LogP contribution in [0.2, 0.25) is 0 Å². The minimum Gasteiger partial charge on any atom is -0.379 e. The Balaban J connectivity index is 1.66. The summed E-state index contributed by atoms with van der Waals surface area (Å²) in [6.45, 7) is 10.6. The van der Waals surface area contributed by atoms with E-state index in [0.29, 0.717) is 17.1 Å². The number of carbonyl (C=O) groups excluding carboxylic acids is 1. The molecule has 1 saturated heterocycles. The zero-order valence-corrected chi connectivity index (χ0v) is 17.9. The quantitative estimate of drug-likeness (QED) is 0.635. The Morgan fingerprint density at radius 2 is 2.04 bits per heavy atom. The molecule has 148 valence electrons. The van der Waals surface area contributed by atoms with Crippen LogP contribution in [0.25, 0.3) is 10.2 Å². The van der Waals surface area contributed by atoms with Gasteiger partial charge in [0.15, 0.2) is 5.13 Å². The van der Waals surface area contributed by atoms with Crippen molar-refractivity contribution in [2.45, 2.75) is 20.8 Å². The molecular formula is C19H23N5O2S2. The largest absolute Gasteiger partial charge is 0.379 e. The van der Waals surface area contributed by atoms with Crippen LogP contribution >= 0.6 is 22.9 Å². The molecule has 1 fully saturated rings. The number of carbonyl (C=O) groups is 1. The number of thiazole rings is 1. The van der Waals surface area contributed by atoms with Crippen LogP contribution in [0.4, 0.5) is 5.13 Å². The van der Waals surface area contributed by atoms with Crippen LogP contribution < -0.4 is 4.90 Å². The lowest BCUT2D eigenvalue weighted by atomic mass is 10.1. The third-order valence-corrected chi connectivity index (χ3v) is 7.00. The van der Waals surface area contributed by atoms with Crippen LogP contribution in [0.5, 0.6) is 0 Å². The van der Waals surface area contributed by atoms with Gasteiger partial charge < -0.3 is 4.74 Å². The molecule has 1 aliphatic heterocycles. The molecule has 0 spiro atoms. The number of morpholine rings is 1. The number of hydrogen-bond donors (Lipinski definition) is 0. The highest BCUT2D eigenvalue weighted by Crippen LogP contribution is 2.33. The van der Waals surface area contributed by atoms with Crippen LogP contribution in [-0.2, 0) is 4.74 Å². The minimum atomic E-state index is -0.0748. The normalized spacial score (nSPS) is 15.2. The van der Waals surface area contributed by atoms with Crippen molar-refractivity contribution in [1.82, 2.24) is 19.5 Å². The maximum Gasteiger partial charge on any atom is 0.273 e. The topological polar surface area (TPSA) is 71.5 Å². The molecule has 0 aliphatic carbocycles. The molecule has 7 nitrogen and oxygen atoms in total. The van der Waals surface area contributed by atoms with Crippen molar-refractivity contribution < 1.29 is 9.53 Å². The maximum absolute atomic E-state index is 13.3. The molecule has 1 aromatic carbocycles. The SMILES string of the molecule is Cc1ccc2sc(N(CCN3CCOCC3)C(=O)c3snnc3C)nc2c1C. The molecule has 28 heavy (non-hydrogen) atoms. The Morgan fingerprint density at radius 1 is 1.25 bits per heavy atom. The molecule has 0 unspecified atom stereocenters. The number of aryl methyl sites for hydroxylation is 3. The van der Waals surface area contributed by atoms with E-state index in [1.54, 1.807) is 16.2 Å². The van der Waals surface area contributed by atoms with Crippen LogP contribution in [0, 0.1) is 20.8 Å². The molecule has 3 heterocycles. The van der Waals surface area contributed by atoms with Crippen molar-refractivity contribution >= 4 is 44.1 Å². The Labute approximate surface area is 172 Å². The van der Waals surface area contributed by atoms with Gasteiger partial charge in [0, 0.05) is 26.2 Å². The highest BCUT2D eigenvalue weighted by molar-refractivity contribution is 7.22. The van der Waals surface area contributed by atoms with Crippen molar-refractivity contribution in [3.8, 4) is 0 Å². The van der Waals surface area contributed by atoms with E-state index in [1.807, 2.05) is 6.92 Å². The molecule has 0 N–H and O–H groups in total. The Kier molecular flexibility index (Phi) is 5.68. The van der Waals surface area contributed by atoms with Gasteiger partial charge >= 0.3 is 0 Å². The number of ether oxygens (including phenoxy) is 1. The molecule has 0 saturated carbocycles. The van der Waals surface area contributed by atoms with Gasteiger partial charge in [-0.2, -0.15) is 0 Å². The van der Waals surface area contributed by atoms with Crippen molar-refractivity contribution in [2.75, 3.05) is 44.3 Å². The number of aromatic nitrogens is 3. The van der Waals surface area contributed by atoms with E-state index in [-0.39, 0.29) is 5.91 Å². The highest BCUT2D eigenvalue weighted by Gasteiger charge is 2.26. The Morgan fingerprint density at radius 3 is 2.75 bits per heavy atom. The molecule has 4 rings (SSSR count). The summed E-state index contributed by atoms with van der Waals surface area (Å²) >= 11 is 2.71. The van der Waals surface area contributed by atoms with E-state index in [0.717, 1.165) is 65.3 Å². The van der Waals surface area contributed by atoms with E-state index < -0.39 is 0 Å². The average Bonchev–Trinajstić information content (AvgIpc) is 3.32. The standard InChI is InChI=1S/C19H23N5O2S2/c1-12-4-5-15-16(13(12)2)20-19(27-15)24(7-6-23-8-10-26-11-9-23)18(25)17-14(3)21-22-28-17/h4-5H,6-11H2,1-3H3. The molecule has 0 bridgehead atoms. The summed E-state index contributed by atoms with van der Waals surface area (Å²) in [5.41, 5.74) is 4.01. The van der Waals surface area contributed by atoms with Gasteiger partial charge in [-0.15, -0.1) is 5.10 Å². The summed E-state index contributed by atoms with van der Waals surface area (Å²) < 4.78 is 10.5. The fourth-order valence-electron chi connectivity index (χ4n) is 3.23. The first-order valence-corrected chi connectivity index (χ1v) is 10.9. The van der Waals surface area contributed by atoms with Crippen LogP contribution in [-0.4, -0.2) is 64.8 Å². The lowest BCUT2D eigenvalue weighted by Gasteiger charge is -2.29. The number of anilines is 1. The highest BCUT2D eigenvalue weighted by atomic mass is 32.1. The van der Waals surface area contributed by atoms with Crippen molar-refractivity contribution in [1.29, 1.82) is 0 Å². The van der Waals surface area contributed by atoms with Gasteiger partial charge in [-0.3, -0.25) is 14.6 Å². The lowest BCUT2D eigenvalue weighted by Crippen LogP contribution is -2.43. The first-order valence-electron chi connectivity index (χ1n) is 9.32. The van der Waals surface area contributed by atoms with Gasteiger partial charge in [0.1, 0.15) is 4.88 Å². The van der Waals surface area contributed by atoms with Gasteiger partial charge in [0.05, 0.1) is 29.1 Å². The summed E-state index contributed by atoms with van der Waals surface area (Å²) in [5, 5.41) is 4.74. The Bertz CT molecular complexity index is 994.